The maximum Gasteiger partial charge on any atom is 0.239 e. The smallest absolute Gasteiger partial charge is 0.239 e. The topological polar surface area (TPSA) is 41.6 Å². The van der Waals surface area contributed by atoms with E-state index in [4.69, 9.17) is 4.74 Å². The number of amides is 1. The molecule has 20 heavy (non-hydrogen) atoms. The van der Waals surface area contributed by atoms with Crippen LogP contribution in [0.3, 0.4) is 0 Å². The third kappa shape index (κ3) is 2.52. The molecule has 4 heteroatoms. The molecule has 1 aromatic carbocycles. The molecule has 0 aromatic heterocycles. The van der Waals surface area contributed by atoms with Gasteiger partial charge in [0.25, 0.3) is 0 Å². The number of hydrogen-bond donors (Lipinski definition) is 1. The molecule has 1 amide bonds. The summed E-state index contributed by atoms with van der Waals surface area (Å²) >= 11 is 0. The van der Waals surface area contributed by atoms with Crippen LogP contribution in [0.1, 0.15) is 30.7 Å². The molecule has 3 rings (SSSR count). The van der Waals surface area contributed by atoms with Crippen molar-refractivity contribution in [2.24, 2.45) is 0 Å². The van der Waals surface area contributed by atoms with E-state index in [2.05, 4.69) is 11.4 Å². The lowest BCUT2D eigenvalue weighted by atomic mass is 9.97. The highest BCUT2D eigenvalue weighted by Gasteiger charge is 2.33. The number of hydrogen-bond acceptors (Lipinski definition) is 3. The largest absolute Gasteiger partial charge is 0.496 e. The summed E-state index contributed by atoms with van der Waals surface area (Å²) in [6.07, 6.45) is 3.12. The van der Waals surface area contributed by atoms with Crippen molar-refractivity contribution < 1.29 is 9.53 Å². The lowest BCUT2D eigenvalue weighted by Crippen LogP contribution is -2.42. The Hall–Kier alpha value is -1.55. The number of nitrogens with zero attached hydrogens (tertiary/aromatic N) is 1. The van der Waals surface area contributed by atoms with Gasteiger partial charge in [0.15, 0.2) is 0 Å². The lowest BCUT2D eigenvalue weighted by Gasteiger charge is -2.21. The first-order valence-electron chi connectivity index (χ1n) is 7.44. The molecule has 1 aromatic rings. The van der Waals surface area contributed by atoms with Gasteiger partial charge in [-0.15, -0.1) is 0 Å². The molecule has 0 radical (unpaired) electrons. The van der Waals surface area contributed by atoms with E-state index >= 15 is 0 Å². The van der Waals surface area contributed by atoms with E-state index in [9.17, 15) is 4.79 Å². The molecule has 0 aliphatic carbocycles. The summed E-state index contributed by atoms with van der Waals surface area (Å²) in [5, 5.41) is 3.29. The molecular formula is C16H22N2O2. The fourth-order valence-electron chi connectivity index (χ4n) is 3.33. The fourth-order valence-corrected chi connectivity index (χ4v) is 3.33. The molecule has 2 aliphatic heterocycles. The van der Waals surface area contributed by atoms with Crippen LogP contribution in [0.25, 0.3) is 0 Å². The van der Waals surface area contributed by atoms with Crippen molar-refractivity contribution in [1.82, 2.24) is 10.2 Å². The molecule has 4 nitrogen and oxygen atoms in total. The first-order valence-corrected chi connectivity index (χ1v) is 7.44. The van der Waals surface area contributed by atoms with Crippen molar-refractivity contribution in [1.29, 1.82) is 0 Å². The molecule has 2 fully saturated rings. The van der Waals surface area contributed by atoms with Gasteiger partial charge in [-0.3, -0.25) is 4.79 Å². The number of benzene rings is 1. The molecule has 2 unspecified atom stereocenters. The molecule has 2 heterocycles. The van der Waals surface area contributed by atoms with Crippen LogP contribution in [0.2, 0.25) is 0 Å². The van der Waals surface area contributed by atoms with Gasteiger partial charge in [0.1, 0.15) is 5.75 Å². The third-order valence-electron chi connectivity index (χ3n) is 4.44. The van der Waals surface area contributed by atoms with Gasteiger partial charge in [-0.05, 0) is 37.4 Å². The number of rotatable bonds is 3. The molecule has 0 spiro atoms. The highest BCUT2D eigenvalue weighted by Crippen LogP contribution is 2.33. The summed E-state index contributed by atoms with van der Waals surface area (Å²) in [4.78, 5) is 14.4. The van der Waals surface area contributed by atoms with Gasteiger partial charge in [-0.2, -0.15) is 0 Å². The second kappa shape index (κ2) is 5.83. The van der Waals surface area contributed by atoms with Gasteiger partial charge in [0.05, 0.1) is 13.2 Å². The van der Waals surface area contributed by atoms with Gasteiger partial charge in [0, 0.05) is 19.0 Å². The average molecular weight is 274 g/mol. The Bertz CT molecular complexity index is 483. The van der Waals surface area contributed by atoms with Gasteiger partial charge < -0.3 is 15.0 Å². The zero-order valence-corrected chi connectivity index (χ0v) is 12.0. The summed E-state index contributed by atoms with van der Waals surface area (Å²) in [5.41, 5.74) is 1.23. The lowest BCUT2D eigenvalue weighted by molar-refractivity contribution is -0.132. The Morgan fingerprint density at radius 1 is 1.35 bits per heavy atom. The Balaban J connectivity index is 1.68. The van der Waals surface area contributed by atoms with Gasteiger partial charge in [-0.1, -0.05) is 18.2 Å². The molecular weight excluding hydrogens is 252 g/mol. The van der Waals surface area contributed by atoms with Crippen LogP contribution in [-0.4, -0.2) is 43.6 Å². The van der Waals surface area contributed by atoms with Crippen molar-refractivity contribution in [3.8, 4) is 5.75 Å². The number of methoxy groups -OCH3 is 1. The minimum absolute atomic E-state index is 0.0476. The minimum atomic E-state index is 0.0476. The highest BCUT2D eigenvalue weighted by molar-refractivity contribution is 5.82. The molecule has 0 saturated carbocycles. The van der Waals surface area contributed by atoms with E-state index in [1.165, 1.54) is 5.56 Å². The number of para-hydroxylation sites is 1. The summed E-state index contributed by atoms with van der Waals surface area (Å²) < 4.78 is 5.44. The summed E-state index contributed by atoms with van der Waals surface area (Å²) in [7, 11) is 1.71. The van der Waals surface area contributed by atoms with Crippen molar-refractivity contribution in [2.45, 2.75) is 31.2 Å². The van der Waals surface area contributed by atoms with Crippen molar-refractivity contribution in [3.63, 3.8) is 0 Å². The first kappa shape index (κ1) is 13.4. The van der Waals surface area contributed by atoms with E-state index < -0.39 is 0 Å². The van der Waals surface area contributed by atoms with Gasteiger partial charge >= 0.3 is 0 Å². The number of nitrogens with one attached hydrogen (secondary N) is 1. The number of carbonyl (C=O) groups excluding carboxylic acids is 1. The van der Waals surface area contributed by atoms with Crippen LogP contribution in [-0.2, 0) is 4.79 Å². The second-order valence-corrected chi connectivity index (χ2v) is 5.66. The Morgan fingerprint density at radius 3 is 2.95 bits per heavy atom. The third-order valence-corrected chi connectivity index (χ3v) is 4.44. The quantitative estimate of drug-likeness (QED) is 0.913. The SMILES string of the molecule is COc1ccccc1C1CCN(C(=O)C2CCCN2)C1. The van der Waals surface area contributed by atoms with Crippen molar-refractivity contribution in [3.05, 3.63) is 29.8 Å². The predicted octanol–water partition coefficient (Wildman–Crippen LogP) is 1.76. The molecule has 0 bridgehead atoms. The van der Waals surface area contributed by atoms with E-state index in [-0.39, 0.29) is 11.9 Å². The number of carbonyl (C=O) groups is 1. The Labute approximate surface area is 120 Å². The summed E-state index contributed by atoms with van der Waals surface area (Å²) in [6, 6.07) is 8.19. The summed E-state index contributed by atoms with van der Waals surface area (Å²) in [6.45, 7) is 2.65. The van der Waals surface area contributed by atoms with Crippen LogP contribution >= 0.6 is 0 Å². The zero-order valence-electron chi connectivity index (χ0n) is 12.0. The Kier molecular flexibility index (Phi) is 3.92. The van der Waals surface area contributed by atoms with Crippen LogP contribution in [0, 0.1) is 0 Å². The average Bonchev–Trinajstić information content (AvgIpc) is 3.18. The van der Waals surface area contributed by atoms with E-state index in [0.717, 1.165) is 44.6 Å². The zero-order chi connectivity index (χ0) is 13.9. The van der Waals surface area contributed by atoms with Crippen molar-refractivity contribution in [2.75, 3.05) is 26.7 Å². The minimum Gasteiger partial charge on any atom is -0.496 e. The maximum atomic E-state index is 12.4. The monoisotopic (exact) mass is 274 g/mol. The number of ether oxygens (including phenoxy) is 1. The normalized spacial score (nSPS) is 25.9. The fraction of sp³-hybridized carbons (Fsp3) is 0.562. The highest BCUT2D eigenvalue weighted by atomic mass is 16.5. The van der Waals surface area contributed by atoms with Crippen LogP contribution in [0.4, 0.5) is 0 Å². The van der Waals surface area contributed by atoms with E-state index in [1.807, 2.05) is 23.1 Å². The van der Waals surface area contributed by atoms with Crippen molar-refractivity contribution >= 4 is 5.91 Å². The van der Waals surface area contributed by atoms with E-state index in [1.54, 1.807) is 7.11 Å². The molecule has 108 valence electrons. The molecule has 2 atom stereocenters. The second-order valence-electron chi connectivity index (χ2n) is 5.66. The van der Waals surface area contributed by atoms with Crippen LogP contribution in [0.15, 0.2) is 24.3 Å². The standard InChI is InChI=1S/C16H22N2O2/c1-20-15-7-3-2-5-13(15)12-8-10-18(11-12)16(19)14-6-4-9-17-14/h2-3,5,7,12,14,17H,4,6,8-11H2,1H3. The first-order chi connectivity index (χ1) is 9.79. The summed E-state index contributed by atoms with van der Waals surface area (Å²) in [5.74, 6) is 1.61. The maximum absolute atomic E-state index is 12.4. The Morgan fingerprint density at radius 2 is 2.20 bits per heavy atom. The van der Waals surface area contributed by atoms with Crippen LogP contribution < -0.4 is 10.1 Å². The molecule has 2 aliphatic rings. The van der Waals surface area contributed by atoms with Crippen LogP contribution in [0.5, 0.6) is 5.75 Å². The molecule has 1 N–H and O–H groups in total. The number of likely N-dealkylation sites (tertiary alicyclic amines) is 1. The predicted molar refractivity (Wildman–Crippen MR) is 78.0 cm³/mol. The molecule has 2 saturated heterocycles. The van der Waals surface area contributed by atoms with Gasteiger partial charge in [0.2, 0.25) is 5.91 Å². The van der Waals surface area contributed by atoms with Gasteiger partial charge in [-0.25, -0.2) is 0 Å². The van der Waals surface area contributed by atoms with E-state index in [0.29, 0.717) is 5.92 Å².